The van der Waals surface area contributed by atoms with E-state index in [0.29, 0.717) is 12.4 Å². The van der Waals surface area contributed by atoms with Gasteiger partial charge in [0.15, 0.2) is 0 Å². The van der Waals surface area contributed by atoms with Crippen molar-refractivity contribution < 1.29 is 22.6 Å². The second kappa shape index (κ2) is 4.59. The molecule has 3 nitrogen and oxygen atoms in total. The molecule has 0 bridgehead atoms. The van der Waals surface area contributed by atoms with E-state index in [1.165, 1.54) is 12.1 Å². The smallest absolute Gasteiger partial charge is 0.489 e. The molecule has 1 aromatic rings. The van der Waals surface area contributed by atoms with Crippen LogP contribution in [0.3, 0.4) is 0 Å². The zero-order valence-corrected chi connectivity index (χ0v) is 10.1. The summed E-state index contributed by atoms with van der Waals surface area (Å²) in [7, 11) is 0. The minimum Gasteiger partial charge on any atom is -0.489 e. The minimum absolute atomic E-state index is 0.258. The van der Waals surface area contributed by atoms with Crippen molar-refractivity contribution in [1.82, 2.24) is 0 Å². The first-order valence-corrected chi connectivity index (χ1v) is 5.66. The average molecular weight is 261 g/mol. The zero-order valence-electron chi connectivity index (χ0n) is 10.1. The van der Waals surface area contributed by atoms with Crippen molar-refractivity contribution in [2.75, 3.05) is 18.1 Å². The molecule has 2 rings (SSSR count). The van der Waals surface area contributed by atoms with Gasteiger partial charge in [0.2, 0.25) is 0 Å². The number of benzene rings is 1. The van der Waals surface area contributed by atoms with Crippen LogP contribution in [0.15, 0.2) is 18.2 Å². The van der Waals surface area contributed by atoms with Gasteiger partial charge in [-0.15, -0.1) is 13.2 Å². The maximum absolute atomic E-state index is 12.1. The number of hydrogen-bond acceptors (Lipinski definition) is 3. The predicted octanol–water partition coefficient (Wildman–Crippen LogP) is 3.19. The van der Waals surface area contributed by atoms with Crippen LogP contribution in [-0.4, -0.2) is 25.6 Å². The Morgan fingerprint density at radius 2 is 2.06 bits per heavy atom. The van der Waals surface area contributed by atoms with Crippen molar-refractivity contribution in [2.45, 2.75) is 26.3 Å². The van der Waals surface area contributed by atoms with Crippen molar-refractivity contribution >= 4 is 5.69 Å². The van der Waals surface area contributed by atoms with Crippen molar-refractivity contribution in [3.63, 3.8) is 0 Å². The molecule has 0 spiro atoms. The molecule has 100 valence electrons. The van der Waals surface area contributed by atoms with Crippen LogP contribution in [0.1, 0.15) is 13.8 Å². The Bertz CT molecular complexity index is 432. The fraction of sp³-hybridized carbons (Fsp3) is 0.500. The summed E-state index contributed by atoms with van der Waals surface area (Å²) in [5.41, 5.74) is 0.797. The predicted molar refractivity (Wildman–Crippen MR) is 61.1 cm³/mol. The summed E-state index contributed by atoms with van der Waals surface area (Å²) in [6, 6.07) is 4.44. The van der Waals surface area contributed by atoms with Crippen LogP contribution < -0.4 is 14.4 Å². The van der Waals surface area contributed by atoms with E-state index < -0.39 is 6.36 Å². The lowest BCUT2D eigenvalue weighted by atomic mass is 10.2. The van der Waals surface area contributed by atoms with Gasteiger partial charge in [-0.1, -0.05) is 0 Å². The number of anilines is 1. The molecule has 0 N–H and O–H groups in total. The van der Waals surface area contributed by atoms with Crippen LogP contribution in [0.4, 0.5) is 18.9 Å². The van der Waals surface area contributed by atoms with Crippen LogP contribution in [-0.2, 0) is 0 Å². The Morgan fingerprint density at radius 1 is 1.33 bits per heavy atom. The Labute approximate surface area is 103 Å². The Morgan fingerprint density at radius 3 is 2.67 bits per heavy atom. The Kier molecular flexibility index (Phi) is 3.28. The van der Waals surface area contributed by atoms with Gasteiger partial charge >= 0.3 is 6.36 Å². The third-order valence-corrected chi connectivity index (χ3v) is 2.69. The van der Waals surface area contributed by atoms with E-state index in [-0.39, 0.29) is 11.8 Å². The highest BCUT2D eigenvalue weighted by molar-refractivity contribution is 5.62. The highest BCUT2D eigenvalue weighted by Gasteiger charge is 2.32. The number of halogens is 3. The standard InChI is InChI=1S/C12H14F3NO2/c1-8(2)16-5-6-17-11-7-9(3-4-10(11)16)18-12(13,14)15/h3-4,7-8H,5-6H2,1-2H3. The van der Waals surface area contributed by atoms with E-state index in [0.717, 1.165) is 12.2 Å². The molecule has 1 aromatic carbocycles. The van der Waals surface area contributed by atoms with Crippen molar-refractivity contribution in [3.8, 4) is 11.5 Å². The van der Waals surface area contributed by atoms with E-state index in [9.17, 15) is 13.2 Å². The minimum atomic E-state index is -4.68. The van der Waals surface area contributed by atoms with Crippen LogP contribution >= 0.6 is 0 Å². The fourth-order valence-electron chi connectivity index (χ4n) is 1.96. The molecule has 0 saturated heterocycles. The van der Waals surface area contributed by atoms with Crippen LogP contribution in [0, 0.1) is 0 Å². The Balaban J connectivity index is 2.27. The molecule has 0 atom stereocenters. The van der Waals surface area contributed by atoms with E-state index in [2.05, 4.69) is 9.64 Å². The van der Waals surface area contributed by atoms with Gasteiger partial charge in [-0.3, -0.25) is 0 Å². The zero-order chi connectivity index (χ0) is 13.3. The summed E-state index contributed by atoms with van der Waals surface area (Å²) in [6.07, 6.45) is -4.68. The summed E-state index contributed by atoms with van der Waals surface area (Å²) in [4.78, 5) is 2.08. The van der Waals surface area contributed by atoms with Crippen molar-refractivity contribution in [3.05, 3.63) is 18.2 Å². The van der Waals surface area contributed by atoms with Crippen LogP contribution in [0.2, 0.25) is 0 Å². The van der Waals surface area contributed by atoms with Crippen LogP contribution in [0.25, 0.3) is 0 Å². The molecule has 0 aromatic heterocycles. The van der Waals surface area contributed by atoms with E-state index in [1.54, 1.807) is 6.07 Å². The molecule has 0 saturated carbocycles. The van der Waals surface area contributed by atoms with Crippen molar-refractivity contribution in [1.29, 1.82) is 0 Å². The molecule has 1 aliphatic rings. The summed E-state index contributed by atoms with van der Waals surface area (Å²) < 4.78 is 45.5. The number of fused-ring (bicyclic) bond motifs is 1. The van der Waals surface area contributed by atoms with Gasteiger partial charge in [0, 0.05) is 12.1 Å². The second-order valence-electron chi connectivity index (χ2n) is 4.31. The lowest BCUT2D eigenvalue weighted by molar-refractivity contribution is -0.274. The first-order valence-electron chi connectivity index (χ1n) is 5.66. The molecule has 0 fully saturated rings. The highest BCUT2D eigenvalue weighted by Crippen LogP contribution is 2.37. The largest absolute Gasteiger partial charge is 0.573 e. The van der Waals surface area contributed by atoms with Gasteiger partial charge in [-0.2, -0.15) is 0 Å². The fourth-order valence-corrected chi connectivity index (χ4v) is 1.96. The topological polar surface area (TPSA) is 21.7 Å². The maximum Gasteiger partial charge on any atom is 0.573 e. The SMILES string of the molecule is CC(C)N1CCOc2cc(OC(F)(F)F)ccc21. The van der Waals surface area contributed by atoms with Crippen molar-refractivity contribution in [2.24, 2.45) is 0 Å². The normalized spacial score (nSPS) is 15.3. The number of hydrogen-bond donors (Lipinski definition) is 0. The maximum atomic E-state index is 12.1. The number of rotatable bonds is 2. The lowest BCUT2D eigenvalue weighted by Gasteiger charge is -2.34. The molecule has 0 aliphatic carbocycles. The summed E-state index contributed by atoms with van der Waals surface area (Å²) >= 11 is 0. The van der Waals surface area contributed by atoms with E-state index in [4.69, 9.17) is 4.74 Å². The molecule has 1 aliphatic heterocycles. The Hall–Kier alpha value is -1.59. The van der Waals surface area contributed by atoms with E-state index >= 15 is 0 Å². The lowest BCUT2D eigenvalue weighted by Crippen LogP contribution is -2.37. The second-order valence-corrected chi connectivity index (χ2v) is 4.31. The molecule has 18 heavy (non-hydrogen) atoms. The first-order chi connectivity index (χ1) is 8.37. The first kappa shape index (κ1) is 12.9. The van der Waals surface area contributed by atoms with Gasteiger partial charge in [-0.25, -0.2) is 0 Å². The molecule has 0 amide bonds. The molecule has 1 heterocycles. The summed E-state index contributed by atoms with van der Waals surface area (Å²) in [5.74, 6) is 0.170. The van der Waals surface area contributed by atoms with Gasteiger partial charge in [0.25, 0.3) is 0 Å². The quantitative estimate of drug-likeness (QED) is 0.816. The van der Waals surface area contributed by atoms with Gasteiger partial charge in [0.1, 0.15) is 18.1 Å². The van der Waals surface area contributed by atoms with Gasteiger partial charge < -0.3 is 14.4 Å². The monoisotopic (exact) mass is 261 g/mol. The molecule has 6 heteroatoms. The van der Waals surface area contributed by atoms with Crippen LogP contribution in [0.5, 0.6) is 11.5 Å². The number of ether oxygens (including phenoxy) is 2. The molecule has 0 unspecified atom stereocenters. The average Bonchev–Trinajstić information content (AvgIpc) is 2.25. The third kappa shape index (κ3) is 2.80. The molecular weight excluding hydrogens is 247 g/mol. The molecule has 0 radical (unpaired) electrons. The molecular formula is C12H14F3NO2. The van der Waals surface area contributed by atoms with Gasteiger partial charge in [-0.05, 0) is 26.0 Å². The highest BCUT2D eigenvalue weighted by atomic mass is 19.4. The van der Waals surface area contributed by atoms with Gasteiger partial charge in [0.05, 0.1) is 12.2 Å². The number of nitrogens with zero attached hydrogens (tertiary/aromatic N) is 1. The number of alkyl halides is 3. The summed E-state index contributed by atoms with van der Waals surface area (Å²) in [5, 5.41) is 0. The third-order valence-electron chi connectivity index (χ3n) is 2.69. The van der Waals surface area contributed by atoms with E-state index in [1.807, 2.05) is 13.8 Å². The summed E-state index contributed by atoms with van der Waals surface area (Å²) in [6.45, 7) is 5.23.